The number of fused-ring (bicyclic) bond motifs is 1. The van der Waals surface area contributed by atoms with Crippen LogP contribution < -0.4 is 4.74 Å². The van der Waals surface area contributed by atoms with Gasteiger partial charge in [-0.2, -0.15) is 5.26 Å². The van der Waals surface area contributed by atoms with Gasteiger partial charge in [0.25, 0.3) is 0 Å². The average Bonchev–Trinajstić information content (AvgIpc) is 3.40. The van der Waals surface area contributed by atoms with Gasteiger partial charge in [0.1, 0.15) is 12.4 Å². The first-order valence-corrected chi connectivity index (χ1v) is 15.0. The van der Waals surface area contributed by atoms with Crippen molar-refractivity contribution in [3.05, 3.63) is 58.8 Å². The molecule has 1 aliphatic carbocycles. The number of likely N-dealkylation sites (tertiary alicyclic amines) is 1. The van der Waals surface area contributed by atoms with Gasteiger partial charge >= 0.3 is 0 Å². The van der Waals surface area contributed by atoms with E-state index in [4.69, 9.17) is 14.5 Å². The molecule has 2 aromatic carbocycles. The van der Waals surface area contributed by atoms with Crippen LogP contribution in [-0.2, 0) is 19.6 Å². The Bertz CT molecular complexity index is 1280. The van der Waals surface area contributed by atoms with Gasteiger partial charge < -0.3 is 24.2 Å². The molecule has 1 aromatic heterocycles. The number of piperidine rings is 1. The molecule has 7 nitrogen and oxygen atoms in total. The number of hydrogen-bond acceptors (Lipinski definition) is 7. The molecule has 2 unspecified atom stereocenters. The minimum atomic E-state index is 0. The third-order valence-corrected chi connectivity index (χ3v) is 9.02. The van der Waals surface area contributed by atoms with Gasteiger partial charge in [-0.1, -0.05) is 30.1 Å². The van der Waals surface area contributed by atoms with Gasteiger partial charge in [0.05, 0.1) is 22.9 Å². The van der Waals surface area contributed by atoms with Gasteiger partial charge in [0.2, 0.25) is 0 Å². The predicted octanol–water partition coefficient (Wildman–Crippen LogP) is 6.63. The molecule has 0 spiro atoms. The summed E-state index contributed by atoms with van der Waals surface area (Å²) < 4.78 is 12.2. The number of halogens is 2. The van der Waals surface area contributed by atoms with Gasteiger partial charge in [-0.3, -0.25) is 0 Å². The van der Waals surface area contributed by atoms with Crippen LogP contribution in [0.4, 0.5) is 0 Å². The van der Waals surface area contributed by atoms with Crippen LogP contribution in [-0.4, -0.2) is 60.4 Å². The molecule has 2 aliphatic rings. The van der Waals surface area contributed by atoms with E-state index >= 15 is 0 Å². The van der Waals surface area contributed by atoms with Crippen molar-refractivity contribution in [1.29, 1.82) is 5.26 Å². The molecule has 0 amide bonds. The Balaban J connectivity index is 0.00000242. The molecule has 9 heteroatoms. The van der Waals surface area contributed by atoms with E-state index < -0.39 is 0 Å². The molecule has 5 rings (SSSR count). The van der Waals surface area contributed by atoms with Crippen molar-refractivity contribution in [2.75, 3.05) is 40.3 Å². The summed E-state index contributed by atoms with van der Waals surface area (Å²) >= 11 is 0. The standard InChI is InChI=1S/C33H44N4O3.2ClH/c1-36(2)21-30-32(39-23-26-9-7-25(19-34)8-10-26)14-12-29-31(35-40-33(29)30)13-11-24-15-17-37(18-16-24)20-27-5-3-4-6-28(27)22-38;;/h7-10,12,14,24,27-28,38H,3-6,11,13,15-18,20-23H2,1-2H3;2*1H. The van der Waals surface area contributed by atoms with E-state index in [1.54, 1.807) is 0 Å². The molecule has 3 aromatic rings. The molecule has 0 radical (unpaired) electrons. The Hall–Kier alpha value is -2.34. The molecular formula is C33H46Cl2N4O3. The fourth-order valence-corrected chi connectivity index (χ4v) is 6.60. The van der Waals surface area contributed by atoms with Crippen LogP contribution in [0.25, 0.3) is 11.0 Å². The average molecular weight is 618 g/mol. The van der Waals surface area contributed by atoms with Crippen LogP contribution in [0.1, 0.15) is 67.3 Å². The Morgan fingerprint density at radius 1 is 1.02 bits per heavy atom. The van der Waals surface area contributed by atoms with E-state index in [2.05, 4.69) is 33.2 Å². The minimum absolute atomic E-state index is 0. The summed E-state index contributed by atoms with van der Waals surface area (Å²) in [4.78, 5) is 4.77. The van der Waals surface area contributed by atoms with Crippen LogP contribution in [0.15, 0.2) is 40.9 Å². The van der Waals surface area contributed by atoms with Crippen molar-refractivity contribution in [2.45, 2.75) is 64.5 Å². The van der Waals surface area contributed by atoms with E-state index in [0.29, 0.717) is 37.2 Å². The van der Waals surface area contributed by atoms with Crippen LogP contribution >= 0.6 is 24.8 Å². The van der Waals surface area contributed by atoms with Crippen LogP contribution in [0.5, 0.6) is 5.75 Å². The first kappa shape index (κ1) is 34.2. The summed E-state index contributed by atoms with van der Waals surface area (Å²) in [7, 11) is 4.09. The predicted molar refractivity (Wildman–Crippen MR) is 171 cm³/mol. The molecule has 2 heterocycles. The van der Waals surface area contributed by atoms with Gasteiger partial charge in [-0.25, -0.2) is 0 Å². The molecule has 2 fully saturated rings. The quantitative estimate of drug-likeness (QED) is 0.259. The third-order valence-electron chi connectivity index (χ3n) is 9.02. The number of aryl methyl sites for hydroxylation is 1. The van der Waals surface area contributed by atoms with E-state index in [9.17, 15) is 5.11 Å². The molecule has 1 saturated carbocycles. The number of rotatable bonds is 11. The van der Waals surface area contributed by atoms with E-state index in [0.717, 1.165) is 58.8 Å². The van der Waals surface area contributed by atoms with Gasteiger partial charge in [-0.15, -0.1) is 24.8 Å². The first-order valence-electron chi connectivity index (χ1n) is 15.0. The second kappa shape index (κ2) is 16.5. The summed E-state index contributed by atoms with van der Waals surface area (Å²) in [6, 6.07) is 13.8. The third kappa shape index (κ3) is 8.61. The van der Waals surface area contributed by atoms with Gasteiger partial charge in [-0.05, 0) is 113 Å². The lowest BCUT2D eigenvalue weighted by Gasteiger charge is -2.38. The highest BCUT2D eigenvalue weighted by atomic mass is 35.5. The van der Waals surface area contributed by atoms with Gasteiger partial charge in [0.15, 0.2) is 5.58 Å². The molecule has 1 aliphatic heterocycles. The van der Waals surface area contributed by atoms with E-state index in [-0.39, 0.29) is 24.8 Å². The maximum Gasteiger partial charge on any atom is 0.175 e. The van der Waals surface area contributed by atoms with E-state index in [1.807, 2.05) is 38.4 Å². The summed E-state index contributed by atoms with van der Waals surface area (Å²) in [5, 5.41) is 24.4. The summed E-state index contributed by atoms with van der Waals surface area (Å²) in [6.07, 6.45) is 9.63. The first-order chi connectivity index (χ1) is 19.5. The highest BCUT2D eigenvalue weighted by molar-refractivity contribution is 5.86. The SMILES string of the molecule is CN(C)Cc1c(OCc2ccc(C#N)cc2)ccc2c(CCC3CCN(CC4CCCCC4CO)CC3)noc12.Cl.Cl. The van der Waals surface area contributed by atoms with Crippen molar-refractivity contribution in [3.63, 3.8) is 0 Å². The largest absolute Gasteiger partial charge is 0.488 e. The van der Waals surface area contributed by atoms with Crippen molar-refractivity contribution < 1.29 is 14.4 Å². The van der Waals surface area contributed by atoms with Crippen molar-refractivity contribution in [2.24, 2.45) is 17.8 Å². The molecule has 2 atom stereocenters. The fourth-order valence-electron chi connectivity index (χ4n) is 6.60. The molecule has 1 saturated heterocycles. The highest BCUT2D eigenvalue weighted by Gasteiger charge is 2.28. The maximum atomic E-state index is 9.78. The Kier molecular flexibility index (Phi) is 13.4. The number of aliphatic hydroxyl groups excluding tert-OH is 1. The summed E-state index contributed by atoms with van der Waals surface area (Å²) in [6.45, 7) is 4.99. The zero-order chi connectivity index (χ0) is 27.9. The number of hydrogen-bond donors (Lipinski definition) is 1. The Morgan fingerprint density at radius 3 is 2.40 bits per heavy atom. The zero-order valence-corrected chi connectivity index (χ0v) is 26.6. The number of ether oxygens (including phenoxy) is 1. The number of benzene rings is 2. The Labute approximate surface area is 263 Å². The lowest BCUT2D eigenvalue weighted by atomic mass is 9.79. The van der Waals surface area contributed by atoms with Crippen molar-refractivity contribution >= 4 is 35.8 Å². The number of aromatic nitrogens is 1. The smallest absolute Gasteiger partial charge is 0.175 e. The minimum Gasteiger partial charge on any atom is -0.488 e. The molecule has 1 N–H and O–H groups in total. The zero-order valence-electron chi connectivity index (χ0n) is 25.0. The van der Waals surface area contributed by atoms with Crippen molar-refractivity contribution in [3.8, 4) is 11.8 Å². The van der Waals surface area contributed by atoms with Crippen molar-refractivity contribution in [1.82, 2.24) is 15.0 Å². The topological polar surface area (TPSA) is 85.8 Å². The second-order valence-corrected chi connectivity index (χ2v) is 12.2. The normalized spacial score (nSPS) is 19.7. The fraction of sp³-hybridized carbons (Fsp3) is 0.576. The lowest BCUT2D eigenvalue weighted by Crippen LogP contribution is -2.40. The summed E-state index contributed by atoms with van der Waals surface area (Å²) in [5.74, 6) is 2.71. The van der Waals surface area contributed by atoms with Gasteiger partial charge in [0, 0.05) is 25.1 Å². The van der Waals surface area contributed by atoms with Crippen LogP contribution in [0, 0.1) is 29.1 Å². The molecular weight excluding hydrogens is 571 g/mol. The maximum absolute atomic E-state index is 9.78. The van der Waals surface area contributed by atoms with Crippen LogP contribution in [0.2, 0.25) is 0 Å². The van der Waals surface area contributed by atoms with E-state index in [1.165, 1.54) is 51.6 Å². The number of nitriles is 1. The second-order valence-electron chi connectivity index (χ2n) is 12.2. The molecule has 0 bridgehead atoms. The lowest BCUT2D eigenvalue weighted by molar-refractivity contribution is 0.0826. The van der Waals surface area contributed by atoms with Crippen LogP contribution in [0.3, 0.4) is 0 Å². The number of aliphatic hydroxyl groups is 1. The highest BCUT2D eigenvalue weighted by Crippen LogP contribution is 2.34. The molecule has 230 valence electrons. The summed E-state index contributed by atoms with van der Waals surface area (Å²) in [5.41, 5.74) is 4.55. The number of nitrogens with zero attached hydrogens (tertiary/aromatic N) is 4. The Morgan fingerprint density at radius 2 is 1.74 bits per heavy atom. The monoisotopic (exact) mass is 616 g/mol. The molecule has 42 heavy (non-hydrogen) atoms.